The zero-order chi connectivity index (χ0) is 13.1. The highest BCUT2D eigenvalue weighted by molar-refractivity contribution is 7.10. The average molecular weight is 266 g/mol. The lowest BCUT2D eigenvalue weighted by Gasteiger charge is -2.28. The molecule has 1 saturated heterocycles. The molecule has 0 saturated carbocycles. The van der Waals surface area contributed by atoms with Gasteiger partial charge in [0, 0.05) is 4.88 Å². The lowest BCUT2D eigenvalue weighted by Crippen LogP contribution is -2.46. The highest BCUT2D eigenvalue weighted by Crippen LogP contribution is 2.27. The van der Waals surface area contributed by atoms with Crippen molar-refractivity contribution in [1.29, 1.82) is 0 Å². The van der Waals surface area contributed by atoms with E-state index in [4.69, 9.17) is 0 Å². The molecule has 2 N–H and O–H groups in total. The van der Waals surface area contributed by atoms with E-state index in [1.165, 1.54) is 17.7 Å². The maximum absolute atomic E-state index is 12.3. The number of piperidine rings is 1. The molecule has 18 heavy (non-hydrogen) atoms. The van der Waals surface area contributed by atoms with Crippen molar-refractivity contribution in [2.75, 3.05) is 11.9 Å². The fraction of sp³-hybridized carbons (Fsp3) is 0.643. The van der Waals surface area contributed by atoms with Crippen molar-refractivity contribution in [3.63, 3.8) is 0 Å². The maximum atomic E-state index is 12.3. The van der Waals surface area contributed by atoms with Crippen LogP contribution in [0.3, 0.4) is 0 Å². The first-order valence-corrected chi connectivity index (χ1v) is 7.58. The molecule has 0 radical (unpaired) electrons. The summed E-state index contributed by atoms with van der Waals surface area (Å²) in [6.45, 7) is 7.26. The van der Waals surface area contributed by atoms with Crippen molar-refractivity contribution < 1.29 is 4.79 Å². The first kappa shape index (κ1) is 13.6. The van der Waals surface area contributed by atoms with Gasteiger partial charge in [-0.2, -0.15) is 0 Å². The van der Waals surface area contributed by atoms with E-state index in [1.54, 1.807) is 11.3 Å². The second kappa shape index (κ2) is 5.85. The van der Waals surface area contributed by atoms with E-state index in [9.17, 15) is 4.79 Å². The summed E-state index contributed by atoms with van der Waals surface area (Å²) in [5.74, 6) is 0.810. The third-order valence-electron chi connectivity index (χ3n) is 3.81. The first-order chi connectivity index (χ1) is 8.61. The van der Waals surface area contributed by atoms with E-state index in [0.717, 1.165) is 24.2 Å². The molecule has 2 rings (SSSR count). The average Bonchev–Trinajstić information content (AvgIpc) is 2.70. The van der Waals surface area contributed by atoms with Crippen molar-refractivity contribution in [2.24, 2.45) is 5.92 Å². The van der Waals surface area contributed by atoms with Crippen molar-refractivity contribution >= 4 is 22.9 Å². The second-order valence-corrected chi connectivity index (χ2v) is 6.23. The van der Waals surface area contributed by atoms with Crippen LogP contribution in [0.15, 0.2) is 5.38 Å². The molecular formula is C14H22N2OS. The van der Waals surface area contributed by atoms with Crippen LogP contribution in [0.25, 0.3) is 0 Å². The summed E-state index contributed by atoms with van der Waals surface area (Å²) in [5.41, 5.74) is 2.17. The first-order valence-electron chi connectivity index (χ1n) is 6.70. The Balaban J connectivity index is 1.99. The predicted octanol–water partition coefficient (Wildman–Crippen LogP) is 3.08. The molecular weight excluding hydrogens is 244 g/mol. The molecule has 2 heterocycles. The van der Waals surface area contributed by atoms with Crippen molar-refractivity contribution in [2.45, 2.75) is 46.1 Å². The van der Waals surface area contributed by atoms with Gasteiger partial charge in [-0.05, 0) is 50.1 Å². The van der Waals surface area contributed by atoms with Crippen LogP contribution >= 0.6 is 11.3 Å². The Morgan fingerprint density at radius 3 is 2.94 bits per heavy atom. The van der Waals surface area contributed by atoms with Gasteiger partial charge in [-0.15, -0.1) is 11.3 Å². The topological polar surface area (TPSA) is 41.1 Å². The van der Waals surface area contributed by atoms with Crippen LogP contribution in [0.2, 0.25) is 0 Å². The van der Waals surface area contributed by atoms with Gasteiger partial charge >= 0.3 is 0 Å². The molecule has 0 bridgehead atoms. The fourth-order valence-corrected chi connectivity index (χ4v) is 3.34. The van der Waals surface area contributed by atoms with E-state index < -0.39 is 0 Å². The van der Waals surface area contributed by atoms with Gasteiger partial charge < -0.3 is 10.6 Å². The molecule has 1 aromatic heterocycles. The normalized spacial score (nSPS) is 23.9. The van der Waals surface area contributed by atoms with E-state index >= 15 is 0 Å². The molecule has 1 aliphatic heterocycles. The van der Waals surface area contributed by atoms with Crippen molar-refractivity contribution in [1.82, 2.24) is 5.32 Å². The molecule has 1 fully saturated rings. The number of carbonyl (C=O) groups excluding carboxylic acids is 1. The van der Waals surface area contributed by atoms with Gasteiger partial charge in [0.05, 0.1) is 11.7 Å². The lowest BCUT2D eigenvalue weighted by molar-refractivity contribution is -0.119. The molecule has 1 aliphatic rings. The van der Waals surface area contributed by atoms with Crippen LogP contribution in [0.1, 0.15) is 36.6 Å². The summed E-state index contributed by atoms with van der Waals surface area (Å²) in [4.78, 5) is 13.4. The Morgan fingerprint density at radius 2 is 2.33 bits per heavy atom. The van der Waals surface area contributed by atoms with Gasteiger partial charge in [0.25, 0.3) is 0 Å². The SMILES string of the molecule is CC[C@@H]1CCN[C@H](C(=O)Nc2c(C)csc2C)C1. The number of rotatable bonds is 3. The second-order valence-electron chi connectivity index (χ2n) is 5.14. The minimum Gasteiger partial charge on any atom is -0.323 e. The molecule has 0 aromatic carbocycles. The molecule has 3 nitrogen and oxygen atoms in total. The minimum absolute atomic E-state index is 0.0256. The highest BCUT2D eigenvalue weighted by Gasteiger charge is 2.26. The van der Waals surface area contributed by atoms with Crippen molar-refractivity contribution in [3.8, 4) is 0 Å². The third-order valence-corrected chi connectivity index (χ3v) is 4.84. The van der Waals surface area contributed by atoms with Crippen LogP contribution < -0.4 is 10.6 Å². The van der Waals surface area contributed by atoms with E-state index in [2.05, 4.69) is 29.9 Å². The Bertz CT molecular complexity index is 408. The Morgan fingerprint density at radius 1 is 1.56 bits per heavy atom. The maximum Gasteiger partial charge on any atom is 0.241 e. The van der Waals surface area contributed by atoms with E-state index in [-0.39, 0.29) is 11.9 Å². The summed E-state index contributed by atoms with van der Waals surface area (Å²) in [5, 5.41) is 8.50. The van der Waals surface area contributed by atoms with E-state index in [0.29, 0.717) is 5.92 Å². The van der Waals surface area contributed by atoms with Crippen LogP contribution in [-0.2, 0) is 4.79 Å². The number of carbonyl (C=O) groups is 1. The molecule has 100 valence electrons. The summed E-state index contributed by atoms with van der Waals surface area (Å²) in [6.07, 6.45) is 3.32. The van der Waals surface area contributed by atoms with Crippen LogP contribution in [0.5, 0.6) is 0 Å². The summed E-state index contributed by atoms with van der Waals surface area (Å²) >= 11 is 1.69. The van der Waals surface area contributed by atoms with Gasteiger partial charge in [0.1, 0.15) is 0 Å². The molecule has 0 aliphatic carbocycles. The number of hydrogen-bond donors (Lipinski definition) is 2. The summed E-state index contributed by atoms with van der Waals surface area (Å²) in [6, 6.07) is -0.0256. The monoisotopic (exact) mass is 266 g/mol. The third kappa shape index (κ3) is 2.93. The number of anilines is 1. The number of nitrogens with one attached hydrogen (secondary N) is 2. The van der Waals surface area contributed by atoms with Gasteiger partial charge in [0.15, 0.2) is 0 Å². The van der Waals surface area contributed by atoms with E-state index in [1.807, 2.05) is 6.92 Å². The number of hydrogen-bond acceptors (Lipinski definition) is 3. The standard InChI is InChI=1S/C14H22N2OS/c1-4-11-5-6-15-12(7-11)14(17)16-13-9(2)8-18-10(13)3/h8,11-12,15H,4-7H2,1-3H3,(H,16,17)/t11-,12+/m1/s1. The zero-order valence-corrected chi connectivity index (χ0v) is 12.2. The zero-order valence-electron chi connectivity index (χ0n) is 11.4. The van der Waals surface area contributed by atoms with Crippen LogP contribution in [-0.4, -0.2) is 18.5 Å². The highest BCUT2D eigenvalue weighted by atomic mass is 32.1. The van der Waals surface area contributed by atoms with Crippen LogP contribution in [0, 0.1) is 19.8 Å². The summed E-state index contributed by atoms with van der Waals surface area (Å²) in [7, 11) is 0. The minimum atomic E-state index is -0.0256. The van der Waals surface area contributed by atoms with Gasteiger partial charge in [-0.3, -0.25) is 4.79 Å². The molecule has 0 unspecified atom stereocenters. The van der Waals surface area contributed by atoms with Gasteiger partial charge in [-0.25, -0.2) is 0 Å². The number of amides is 1. The predicted molar refractivity (Wildman–Crippen MR) is 77.2 cm³/mol. The molecule has 1 amide bonds. The number of thiophene rings is 1. The molecule has 1 aromatic rings. The molecule has 2 atom stereocenters. The molecule has 0 spiro atoms. The van der Waals surface area contributed by atoms with Gasteiger partial charge in [0.2, 0.25) is 5.91 Å². The van der Waals surface area contributed by atoms with Gasteiger partial charge in [-0.1, -0.05) is 13.3 Å². The Kier molecular flexibility index (Phi) is 4.40. The summed E-state index contributed by atoms with van der Waals surface area (Å²) < 4.78 is 0. The molecule has 4 heteroatoms. The van der Waals surface area contributed by atoms with Crippen LogP contribution in [0.4, 0.5) is 5.69 Å². The quantitative estimate of drug-likeness (QED) is 0.882. The smallest absolute Gasteiger partial charge is 0.241 e. The largest absolute Gasteiger partial charge is 0.323 e. The lowest BCUT2D eigenvalue weighted by atomic mass is 9.90. The Labute approximate surface area is 113 Å². The Hall–Kier alpha value is -0.870. The number of aryl methyl sites for hydroxylation is 2. The fourth-order valence-electron chi connectivity index (χ4n) is 2.54. The van der Waals surface area contributed by atoms with Crippen molar-refractivity contribution in [3.05, 3.63) is 15.8 Å².